The van der Waals surface area contributed by atoms with Crippen LogP contribution in [0.3, 0.4) is 0 Å². The van der Waals surface area contributed by atoms with Crippen LogP contribution < -0.4 is 0 Å². The molecule has 0 fully saturated rings. The predicted octanol–water partition coefficient (Wildman–Crippen LogP) is 4.12. The highest BCUT2D eigenvalue weighted by Gasteiger charge is 2.39. The third kappa shape index (κ3) is 3.78. The largest absolute Gasteiger partial charge is 0.434 e. The Bertz CT molecular complexity index is 603. The smallest absolute Gasteiger partial charge is 0.298 e. The number of nitrogens with zero attached hydrogens (tertiary/aromatic N) is 2. The molecule has 0 saturated carbocycles. The van der Waals surface area contributed by atoms with Crippen molar-refractivity contribution in [2.45, 2.75) is 39.3 Å². The Balaban J connectivity index is 3.82. The first-order valence-corrected chi connectivity index (χ1v) is 6.36. The standard InChI is InChI=1S/C14H13F5N2O/c1-7(2)5-9-8(3-4-20)11(13(15)16)21-12(10(9)6-22)14(17,18)19/h6-7,13H,3,5H2,1-2H3. The topological polar surface area (TPSA) is 53.8 Å². The fourth-order valence-corrected chi connectivity index (χ4v) is 2.15. The lowest BCUT2D eigenvalue weighted by atomic mass is 9.90. The first-order valence-electron chi connectivity index (χ1n) is 6.36. The minimum atomic E-state index is -5.03. The second kappa shape index (κ2) is 6.81. The lowest BCUT2D eigenvalue weighted by Gasteiger charge is -2.20. The number of aromatic nitrogens is 1. The summed E-state index contributed by atoms with van der Waals surface area (Å²) in [4.78, 5) is 14.0. The zero-order chi connectivity index (χ0) is 17.1. The molecule has 0 atom stereocenters. The highest BCUT2D eigenvalue weighted by Crippen LogP contribution is 2.36. The van der Waals surface area contributed by atoms with Crippen LogP contribution in [-0.2, 0) is 19.0 Å². The Labute approximate surface area is 123 Å². The lowest BCUT2D eigenvalue weighted by molar-refractivity contribution is -0.141. The van der Waals surface area contributed by atoms with Gasteiger partial charge in [0.1, 0.15) is 5.69 Å². The normalized spacial score (nSPS) is 11.8. The zero-order valence-electron chi connectivity index (χ0n) is 11.8. The van der Waals surface area contributed by atoms with Crippen LogP contribution in [0.25, 0.3) is 0 Å². The van der Waals surface area contributed by atoms with Crippen LogP contribution in [0.4, 0.5) is 22.0 Å². The van der Waals surface area contributed by atoms with Gasteiger partial charge in [0.25, 0.3) is 6.43 Å². The summed E-state index contributed by atoms with van der Waals surface area (Å²) in [6.07, 6.45) is -8.90. The van der Waals surface area contributed by atoms with Gasteiger partial charge in [-0.25, -0.2) is 13.8 Å². The van der Waals surface area contributed by atoms with Crippen molar-refractivity contribution >= 4 is 6.29 Å². The quantitative estimate of drug-likeness (QED) is 0.606. The average Bonchev–Trinajstić information content (AvgIpc) is 2.37. The van der Waals surface area contributed by atoms with Gasteiger partial charge in [-0.1, -0.05) is 13.8 Å². The third-order valence-electron chi connectivity index (χ3n) is 2.95. The monoisotopic (exact) mass is 320 g/mol. The molecular formula is C14H13F5N2O. The molecule has 1 aromatic heterocycles. The van der Waals surface area contributed by atoms with E-state index in [2.05, 4.69) is 4.98 Å². The summed E-state index contributed by atoms with van der Waals surface area (Å²) < 4.78 is 65.0. The maximum Gasteiger partial charge on any atom is 0.434 e. The van der Waals surface area contributed by atoms with E-state index in [9.17, 15) is 26.7 Å². The molecule has 22 heavy (non-hydrogen) atoms. The summed E-state index contributed by atoms with van der Waals surface area (Å²) in [5, 5.41) is 8.74. The van der Waals surface area contributed by atoms with Gasteiger partial charge < -0.3 is 0 Å². The molecule has 8 heteroatoms. The molecule has 0 aliphatic carbocycles. The van der Waals surface area contributed by atoms with Gasteiger partial charge in [0.15, 0.2) is 12.0 Å². The van der Waals surface area contributed by atoms with E-state index in [4.69, 9.17) is 5.26 Å². The Morgan fingerprint density at radius 1 is 1.27 bits per heavy atom. The number of carbonyl (C=O) groups is 1. The minimum Gasteiger partial charge on any atom is -0.298 e. The van der Waals surface area contributed by atoms with Gasteiger partial charge >= 0.3 is 6.18 Å². The molecule has 0 N–H and O–H groups in total. The molecule has 0 saturated heterocycles. The number of alkyl halides is 5. The van der Waals surface area contributed by atoms with E-state index in [-0.39, 0.29) is 29.8 Å². The number of nitriles is 1. The average molecular weight is 320 g/mol. The maximum atomic E-state index is 13.0. The van der Waals surface area contributed by atoms with Crippen LogP contribution in [0.5, 0.6) is 0 Å². The lowest BCUT2D eigenvalue weighted by Crippen LogP contribution is -2.19. The summed E-state index contributed by atoms with van der Waals surface area (Å²) in [5.74, 6) is -0.190. The Morgan fingerprint density at radius 2 is 1.86 bits per heavy atom. The fraction of sp³-hybridized carbons (Fsp3) is 0.500. The van der Waals surface area contributed by atoms with Gasteiger partial charge in [0, 0.05) is 5.56 Å². The number of aldehydes is 1. The summed E-state index contributed by atoms with van der Waals surface area (Å²) in [5.41, 5.74) is -3.95. The van der Waals surface area contributed by atoms with Crippen molar-refractivity contribution < 1.29 is 26.7 Å². The third-order valence-corrected chi connectivity index (χ3v) is 2.95. The molecule has 0 aliphatic rings. The molecule has 1 rings (SSSR count). The number of carbonyl (C=O) groups excluding carboxylic acids is 1. The molecule has 0 spiro atoms. The van der Waals surface area contributed by atoms with E-state index in [0.29, 0.717) is 0 Å². The molecule has 1 heterocycles. The second-order valence-corrected chi connectivity index (χ2v) is 5.07. The van der Waals surface area contributed by atoms with Gasteiger partial charge in [-0.2, -0.15) is 18.4 Å². The van der Waals surface area contributed by atoms with E-state index in [0.717, 1.165) is 0 Å². The zero-order valence-corrected chi connectivity index (χ0v) is 11.8. The number of pyridine rings is 1. The van der Waals surface area contributed by atoms with Crippen LogP contribution in [0.1, 0.15) is 53.1 Å². The summed E-state index contributed by atoms with van der Waals surface area (Å²) in [6, 6.07) is 1.63. The molecule has 0 aliphatic heterocycles. The van der Waals surface area contributed by atoms with Crippen molar-refractivity contribution in [3.63, 3.8) is 0 Å². The summed E-state index contributed by atoms with van der Waals surface area (Å²) >= 11 is 0. The van der Waals surface area contributed by atoms with Gasteiger partial charge in [0.05, 0.1) is 12.5 Å². The number of rotatable bonds is 5. The maximum absolute atomic E-state index is 13.0. The van der Waals surface area contributed by atoms with E-state index >= 15 is 0 Å². The number of hydrogen-bond acceptors (Lipinski definition) is 3. The first kappa shape index (κ1) is 18.0. The SMILES string of the molecule is CC(C)Cc1c(C=O)c(C(F)(F)F)nc(C(F)F)c1CC#N. The van der Waals surface area contributed by atoms with Crippen LogP contribution in [0, 0.1) is 17.2 Å². The molecule has 0 bridgehead atoms. The van der Waals surface area contributed by atoms with Gasteiger partial charge in [-0.3, -0.25) is 4.79 Å². The molecule has 0 aromatic carbocycles. The van der Waals surface area contributed by atoms with Crippen LogP contribution in [0.2, 0.25) is 0 Å². The van der Waals surface area contributed by atoms with Gasteiger partial charge in [-0.15, -0.1) is 0 Å². The van der Waals surface area contributed by atoms with E-state index in [1.165, 1.54) is 0 Å². The molecular weight excluding hydrogens is 307 g/mol. The fourth-order valence-electron chi connectivity index (χ4n) is 2.15. The number of halogens is 5. The second-order valence-electron chi connectivity index (χ2n) is 5.07. The van der Waals surface area contributed by atoms with Crippen LogP contribution in [0.15, 0.2) is 0 Å². The summed E-state index contributed by atoms with van der Waals surface area (Å²) in [7, 11) is 0. The van der Waals surface area contributed by atoms with Crippen molar-refractivity contribution in [3.8, 4) is 6.07 Å². The van der Waals surface area contributed by atoms with Crippen molar-refractivity contribution in [1.82, 2.24) is 4.98 Å². The van der Waals surface area contributed by atoms with Crippen molar-refractivity contribution in [1.29, 1.82) is 5.26 Å². The van der Waals surface area contributed by atoms with E-state index in [1.54, 1.807) is 19.9 Å². The predicted molar refractivity (Wildman–Crippen MR) is 67.4 cm³/mol. The van der Waals surface area contributed by atoms with Crippen molar-refractivity contribution in [2.75, 3.05) is 0 Å². The number of hydrogen-bond donors (Lipinski definition) is 0. The molecule has 1 aromatic rings. The highest BCUT2D eigenvalue weighted by molar-refractivity contribution is 5.80. The highest BCUT2D eigenvalue weighted by atomic mass is 19.4. The van der Waals surface area contributed by atoms with E-state index in [1.807, 2.05) is 0 Å². The van der Waals surface area contributed by atoms with Gasteiger partial charge in [-0.05, 0) is 23.5 Å². The molecule has 120 valence electrons. The van der Waals surface area contributed by atoms with Crippen molar-refractivity contribution in [2.24, 2.45) is 5.92 Å². The minimum absolute atomic E-state index is 0.0313. The first-order chi connectivity index (χ1) is 10.1. The Hall–Kier alpha value is -2.04. The van der Waals surface area contributed by atoms with E-state index < -0.39 is 36.0 Å². The summed E-state index contributed by atoms with van der Waals surface area (Å²) in [6.45, 7) is 3.33. The van der Waals surface area contributed by atoms with Crippen LogP contribution >= 0.6 is 0 Å². The van der Waals surface area contributed by atoms with Crippen LogP contribution in [-0.4, -0.2) is 11.3 Å². The molecule has 0 unspecified atom stereocenters. The molecule has 0 amide bonds. The Morgan fingerprint density at radius 3 is 2.23 bits per heavy atom. The molecule has 3 nitrogen and oxygen atoms in total. The Kier molecular flexibility index (Phi) is 5.58. The van der Waals surface area contributed by atoms with Crippen molar-refractivity contribution in [3.05, 3.63) is 28.1 Å². The molecule has 0 radical (unpaired) electrons. The van der Waals surface area contributed by atoms with Gasteiger partial charge in [0.2, 0.25) is 0 Å².